The second-order valence-electron chi connectivity index (χ2n) is 3.73. The van der Waals surface area contributed by atoms with E-state index >= 15 is 0 Å². The second-order valence-corrected chi connectivity index (χ2v) is 4.65. The standard InChI is InChI=1S/C12H14BrNO3/c1-3-10(12(16)17)14-11(15)9-5-4-8(13)6-7(9)2/h4-6,10H,3H2,1-2H3,(H,14,15)(H,16,17). The van der Waals surface area contributed by atoms with Crippen molar-refractivity contribution in [3.05, 3.63) is 33.8 Å². The van der Waals surface area contributed by atoms with Gasteiger partial charge in [0.2, 0.25) is 0 Å². The molecule has 0 spiro atoms. The van der Waals surface area contributed by atoms with E-state index in [1.807, 2.05) is 6.07 Å². The third-order valence-corrected chi connectivity index (χ3v) is 2.94. The Labute approximate surface area is 108 Å². The molecule has 1 amide bonds. The van der Waals surface area contributed by atoms with Crippen LogP contribution in [0.5, 0.6) is 0 Å². The summed E-state index contributed by atoms with van der Waals surface area (Å²) >= 11 is 3.31. The van der Waals surface area contributed by atoms with E-state index in [4.69, 9.17) is 5.11 Å². The predicted octanol–water partition coefficient (Wildman–Crippen LogP) is 2.35. The zero-order chi connectivity index (χ0) is 13.0. The summed E-state index contributed by atoms with van der Waals surface area (Å²) in [5, 5.41) is 11.3. The Bertz CT molecular complexity index is 445. The Hall–Kier alpha value is -1.36. The van der Waals surface area contributed by atoms with Crippen LogP contribution >= 0.6 is 15.9 Å². The molecule has 0 bridgehead atoms. The molecule has 0 fully saturated rings. The minimum atomic E-state index is -1.02. The van der Waals surface area contributed by atoms with E-state index in [2.05, 4.69) is 21.2 Å². The normalized spacial score (nSPS) is 11.9. The van der Waals surface area contributed by atoms with Crippen molar-refractivity contribution in [1.29, 1.82) is 0 Å². The summed E-state index contributed by atoms with van der Waals surface area (Å²) in [6, 6.07) is 4.40. The van der Waals surface area contributed by atoms with Crippen molar-refractivity contribution in [1.82, 2.24) is 5.32 Å². The molecule has 4 nitrogen and oxygen atoms in total. The molecule has 0 aliphatic rings. The molecule has 1 unspecified atom stereocenters. The minimum absolute atomic E-state index is 0.357. The highest BCUT2D eigenvalue weighted by atomic mass is 79.9. The summed E-state index contributed by atoms with van der Waals surface area (Å²) in [5.41, 5.74) is 1.30. The van der Waals surface area contributed by atoms with Crippen LogP contribution < -0.4 is 5.32 Å². The third-order valence-electron chi connectivity index (χ3n) is 2.44. The molecule has 0 aliphatic carbocycles. The van der Waals surface area contributed by atoms with Gasteiger partial charge in [0.25, 0.3) is 5.91 Å². The van der Waals surface area contributed by atoms with Gasteiger partial charge in [0.05, 0.1) is 0 Å². The Kier molecular flexibility index (Phi) is 4.69. The molecule has 0 radical (unpaired) electrons. The van der Waals surface area contributed by atoms with E-state index in [1.165, 1.54) is 0 Å². The maximum Gasteiger partial charge on any atom is 0.326 e. The number of carboxylic acids is 1. The molecule has 5 heteroatoms. The number of hydrogen-bond donors (Lipinski definition) is 2. The van der Waals surface area contributed by atoms with Crippen LogP contribution in [0.4, 0.5) is 0 Å². The van der Waals surface area contributed by atoms with Gasteiger partial charge in [-0.25, -0.2) is 4.79 Å². The topological polar surface area (TPSA) is 66.4 Å². The van der Waals surface area contributed by atoms with Crippen molar-refractivity contribution in [3.63, 3.8) is 0 Å². The van der Waals surface area contributed by atoms with Crippen molar-refractivity contribution in [3.8, 4) is 0 Å². The van der Waals surface area contributed by atoms with E-state index in [1.54, 1.807) is 26.0 Å². The highest BCUT2D eigenvalue weighted by Gasteiger charge is 2.19. The van der Waals surface area contributed by atoms with Crippen LogP contribution in [0.3, 0.4) is 0 Å². The fourth-order valence-electron chi connectivity index (χ4n) is 1.46. The number of carbonyl (C=O) groups is 2. The Morgan fingerprint density at radius 1 is 1.47 bits per heavy atom. The number of rotatable bonds is 4. The van der Waals surface area contributed by atoms with E-state index in [0.717, 1.165) is 10.0 Å². The zero-order valence-corrected chi connectivity index (χ0v) is 11.2. The van der Waals surface area contributed by atoms with Gasteiger partial charge in [-0.3, -0.25) is 4.79 Å². The van der Waals surface area contributed by atoms with Crippen molar-refractivity contribution in [2.24, 2.45) is 0 Å². The number of halogens is 1. The van der Waals surface area contributed by atoms with Crippen molar-refractivity contribution in [2.45, 2.75) is 26.3 Å². The molecule has 0 aliphatic heterocycles. The molecule has 1 aromatic rings. The SMILES string of the molecule is CCC(NC(=O)c1ccc(Br)cc1C)C(=O)O. The smallest absolute Gasteiger partial charge is 0.326 e. The third kappa shape index (κ3) is 3.56. The van der Waals surface area contributed by atoms with Crippen LogP contribution in [0.25, 0.3) is 0 Å². The van der Waals surface area contributed by atoms with Gasteiger partial charge < -0.3 is 10.4 Å². The van der Waals surface area contributed by atoms with Gasteiger partial charge >= 0.3 is 5.97 Å². The van der Waals surface area contributed by atoms with E-state index < -0.39 is 12.0 Å². The van der Waals surface area contributed by atoms with Crippen LogP contribution in [0.15, 0.2) is 22.7 Å². The number of benzene rings is 1. The summed E-state index contributed by atoms with van der Waals surface area (Å²) in [7, 11) is 0. The molecule has 0 saturated heterocycles. The van der Waals surface area contributed by atoms with Crippen molar-refractivity contribution >= 4 is 27.8 Å². The minimum Gasteiger partial charge on any atom is -0.480 e. The molecule has 92 valence electrons. The number of carbonyl (C=O) groups excluding carboxylic acids is 1. The van der Waals surface area contributed by atoms with Crippen LogP contribution in [0, 0.1) is 6.92 Å². The van der Waals surface area contributed by atoms with Crippen LogP contribution in [0.2, 0.25) is 0 Å². The number of hydrogen-bond acceptors (Lipinski definition) is 2. The first-order valence-electron chi connectivity index (χ1n) is 5.25. The Morgan fingerprint density at radius 3 is 2.59 bits per heavy atom. The molecule has 0 saturated carbocycles. The molecular weight excluding hydrogens is 286 g/mol. The number of aliphatic carboxylic acids is 1. The summed E-state index contributed by atoms with van der Waals surface area (Å²) in [4.78, 5) is 22.7. The van der Waals surface area contributed by atoms with Gasteiger partial charge in [-0.2, -0.15) is 0 Å². The molecular formula is C12H14BrNO3. The number of aryl methyl sites for hydroxylation is 1. The van der Waals surface area contributed by atoms with E-state index in [0.29, 0.717) is 12.0 Å². The Balaban J connectivity index is 2.86. The number of nitrogens with one attached hydrogen (secondary N) is 1. The van der Waals surface area contributed by atoms with Gasteiger partial charge in [0.15, 0.2) is 0 Å². The summed E-state index contributed by atoms with van der Waals surface area (Å²) in [6.45, 7) is 3.52. The fraction of sp³-hybridized carbons (Fsp3) is 0.333. The summed E-state index contributed by atoms with van der Waals surface area (Å²) in [5.74, 6) is -1.38. The fourth-order valence-corrected chi connectivity index (χ4v) is 1.93. The first-order chi connectivity index (χ1) is 7.95. The average molecular weight is 300 g/mol. The molecule has 1 rings (SSSR count). The van der Waals surface area contributed by atoms with Crippen LogP contribution in [-0.2, 0) is 4.79 Å². The monoisotopic (exact) mass is 299 g/mol. The second kappa shape index (κ2) is 5.82. The number of carboxylic acid groups (broad SMARTS) is 1. The van der Waals surface area contributed by atoms with E-state index in [-0.39, 0.29) is 5.91 Å². The number of amides is 1. The first kappa shape index (κ1) is 13.7. The summed E-state index contributed by atoms with van der Waals surface area (Å²) in [6.07, 6.45) is 0.358. The lowest BCUT2D eigenvalue weighted by molar-refractivity contribution is -0.139. The maximum absolute atomic E-state index is 11.9. The quantitative estimate of drug-likeness (QED) is 0.897. The lowest BCUT2D eigenvalue weighted by Crippen LogP contribution is -2.40. The molecule has 0 aromatic heterocycles. The van der Waals surface area contributed by atoms with Gasteiger partial charge in [0.1, 0.15) is 6.04 Å². The molecule has 1 atom stereocenters. The molecule has 17 heavy (non-hydrogen) atoms. The summed E-state index contributed by atoms with van der Waals surface area (Å²) < 4.78 is 0.886. The van der Waals surface area contributed by atoms with Crippen LogP contribution in [-0.4, -0.2) is 23.0 Å². The largest absolute Gasteiger partial charge is 0.480 e. The lowest BCUT2D eigenvalue weighted by atomic mass is 10.1. The van der Waals surface area contributed by atoms with Gasteiger partial charge in [0, 0.05) is 10.0 Å². The van der Waals surface area contributed by atoms with E-state index in [9.17, 15) is 9.59 Å². The zero-order valence-electron chi connectivity index (χ0n) is 9.66. The predicted molar refractivity (Wildman–Crippen MR) is 68.1 cm³/mol. The van der Waals surface area contributed by atoms with Crippen molar-refractivity contribution < 1.29 is 14.7 Å². The van der Waals surface area contributed by atoms with Crippen molar-refractivity contribution in [2.75, 3.05) is 0 Å². The molecule has 1 aromatic carbocycles. The van der Waals surface area contributed by atoms with Gasteiger partial charge in [-0.05, 0) is 37.1 Å². The molecule has 0 heterocycles. The highest BCUT2D eigenvalue weighted by molar-refractivity contribution is 9.10. The lowest BCUT2D eigenvalue weighted by Gasteiger charge is -2.13. The maximum atomic E-state index is 11.9. The Morgan fingerprint density at radius 2 is 2.12 bits per heavy atom. The van der Waals surface area contributed by atoms with Crippen LogP contribution in [0.1, 0.15) is 29.3 Å². The first-order valence-corrected chi connectivity index (χ1v) is 6.04. The molecule has 2 N–H and O–H groups in total. The average Bonchev–Trinajstić information content (AvgIpc) is 2.24. The highest BCUT2D eigenvalue weighted by Crippen LogP contribution is 2.16. The van der Waals surface area contributed by atoms with Gasteiger partial charge in [-0.15, -0.1) is 0 Å². The van der Waals surface area contributed by atoms with Gasteiger partial charge in [-0.1, -0.05) is 22.9 Å².